The number of rotatable bonds is 6. The summed E-state index contributed by atoms with van der Waals surface area (Å²) in [6.45, 7) is 5.98. The minimum Gasteiger partial charge on any atom is -0.366 e. The summed E-state index contributed by atoms with van der Waals surface area (Å²) < 4.78 is 40.7. The molecule has 0 fully saturated rings. The first-order valence-corrected chi connectivity index (χ1v) is 11.0. The van der Waals surface area contributed by atoms with E-state index < -0.39 is 23.6 Å². The van der Waals surface area contributed by atoms with E-state index in [1.54, 1.807) is 25.1 Å². The number of nitrogens with one attached hydrogen (secondary N) is 1. The zero-order chi connectivity index (χ0) is 26.2. The number of primary amides is 1. The van der Waals surface area contributed by atoms with E-state index in [-0.39, 0.29) is 11.3 Å². The Morgan fingerprint density at radius 2 is 1.89 bits per heavy atom. The zero-order valence-electron chi connectivity index (χ0n) is 19.7. The third-order valence-corrected chi connectivity index (χ3v) is 5.85. The van der Waals surface area contributed by atoms with E-state index in [1.165, 1.54) is 29.2 Å². The molecule has 2 aromatic heterocycles. The summed E-state index contributed by atoms with van der Waals surface area (Å²) in [5.41, 5.74) is 7.96. The molecular weight excluding hydrogens is 473 g/mol. The maximum Gasteiger partial charge on any atom is 0.416 e. The predicted octanol–water partition coefficient (Wildman–Crippen LogP) is 4.87. The van der Waals surface area contributed by atoms with Crippen LogP contribution in [0.4, 0.5) is 30.4 Å². The van der Waals surface area contributed by atoms with Crippen molar-refractivity contribution >= 4 is 34.5 Å². The number of nitrogens with two attached hydrogens (primary N) is 1. The summed E-state index contributed by atoms with van der Waals surface area (Å²) >= 11 is 0. The van der Waals surface area contributed by atoms with Gasteiger partial charge in [0.15, 0.2) is 5.82 Å². The molecule has 36 heavy (non-hydrogen) atoms. The Labute approximate surface area is 204 Å². The number of carbonyl (C=O) groups excluding carboxylic acids is 2. The highest BCUT2D eigenvalue weighted by molar-refractivity contribution is 6.05. The fraction of sp³-hybridized carbons (Fsp3) is 0.200. The van der Waals surface area contributed by atoms with E-state index in [0.717, 1.165) is 17.7 Å². The van der Waals surface area contributed by atoms with E-state index in [4.69, 9.17) is 5.73 Å². The van der Waals surface area contributed by atoms with Crippen LogP contribution < -0.4 is 16.0 Å². The Morgan fingerprint density at radius 3 is 2.56 bits per heavy atom. The zero-order valence-corrected chi connectivity index (χ0v) is 19.7. The molecule has 0 aliphatic carbocycles. The number of aromatic nitrogens is 3. The summed E-state index contributed by atoms with van der Waals surface area (Å²) in [6, 6.07) is 9.44. The van der Waals surface area contributed by atoms with Gasteiger partial charge < -0.3 is 16.0 Å². The molecule has 0 saturated carbocycles. The first kappa shape index (κ1) is 24.7. The third kappa shape index (κ3) is 4.59. The summed E-state index contributed by atoms with van der Waals surface area (Å²) in [7, 11) is 0. The average molecular weight is 496 g/mol. The molecule has 0 bridgehead atoms. The molecule has 8 nitrogen and oxygen atoms in total. The van der Waals surface area contributed by atoms with E-state index in [9.17, 15) is 22.8 Å². The number of nitrogens with zero attached hydrogens (tertiary/aromatic N) is 4. The van der Waals surface area contributed by atoms with E-state index in [1.807, 2.05) is 18.7 Å². The third-order valence-electron chi connectivity index (χ3n) is 5.85. The van der Waals surface area contributed by atoms with E-state index >= 15 is 0 Å². The van der Waals surface area contributed by atoms with Crippen molar-refractivity contribution in [2.24, 2.45) is 5.73 Å². The van der Waals surface area contributed by atoms with Gasteiger partial charge >= 0.3 is 6.18 Å². The molecule has 0 aliphatic heterocycles. The molecule has 3 N–H and O–H groups in total. The van der Waals surface area contributed by atoms with Crippen LogP contribution in [0, 0.1) is 13.8 Å². The lowest BCUT2D eigenvalue weighted by atomic mass is 10.1. The van der Waals surface area contributed by atoms with Gasteiger partial charge in [-0.15, -0.1) is 0 Å². The number of alkyl halides is 3. The summed E-state index contributed by atoms with van der Waals surface area (Å²) in [4.78, 5) is 31.1. The maximum atomic E-state index is 13.0. The van der Waals surface area contributed by atoms with Crippen LogP contribution in [0.5, 0.6) is 0 Å². The van der Waals surface area contributed by atoms with Crippen LogP contribution >= 0.6 is 0 Å². The Kier molecular flexibility index (Phi) is 6.40. The Hall–Kier alpha value is -4.41. The van der Waals surface area contributed by atoms with Crippen molar-refractivity contribution in [2.45, 2.75) is 26.9 Å². The van der Waals surface area contributed by atoms with Crippen molar-refractivity contribution in [3.63, 3.8) is 0 Å². The quantitative estimate of drug-likeness (QED) is 0.396. The van der Waals surface area contributed by atoms with Gasteiger partial charge in [-0.25, -0.2) is 9.50 Å². The topological polar surface area (TPSA) is 106 Å². The minimum absolute atomic E-state index is 0.0320. The number of hydrogen-bond donors (Lipinski definition) is 2. The lowest BCUT2D eigenvalue weighted by Crippen LogP contribution is -2.21. The molecule has 0 unspecified atom stereocenters. The Balaban J connectivity index is 1.73. The molecule has 2 heterocycles. The van der Waals surface area contributed by atoms with Crippen LogP contribution in [-0.2, 0) is 6.18 Å². The average Bonchev–Trinajstić information content (AvgIpc) is 3.18. The van der Waals surface area contributed by atoms with Crippen molar-refractivity contribution in [1.29, 1.82) is 0 Å². The molecule has 0 saturated heterocycles. The Morgan fingerprint density at radius 1 is 1.14 bits per heavy atom. The van der Waals surface area contributed by atoms with Crippen LogP contribution in [-0.4, -0.2) is 33.0 Å². The second-order valence-corrected chi connectivity index (χ2v) is 8.19. The van der Waals surface area contributed by atoms with Crippen molar-refractivity contribution < 1.29 is 22.8 Å². The lowest BCUT2D eigenvalue weighted by Gasteiger charge is -2.25. The largest absolute Gasteiger partial charge is 0.416 e. The fourth-order valence-electron chi connectivity index (χ4n) is 4.04. The highest BCUT2D eigenvalue weighted by Gasteiger charge is 2.30. The number of benzene rings is 2. The van der Waals surface area contributed by atoms with Gasteiger partial charge in [0.05, 0.1) is 11.1 Å². The van der Waals surface area contributed by atoms with Crippen LogP contribution in [0.3, 0.4) is 0 Å². The standard InChI is InChI=1S/C25H23F3N6O2/c1-4-33(23-21-15(3)19(22(29)35)12-34(21)31-13-30-23)20-10-16(9-8-14(20)2)24(36)32-18-7-5-6-17(11-18)25(26,27)28/h5-13H,4H2,1-3H3,(H2,29,35)(H,32,36). The molecule has 0 aliphatic rings. The van der Waals surface area contributed by atoms with Gasteiger partial charge in [-0.3, -0.25) is 9.59 Å². The van der Waals surface area contributed by atoms with Crippen LogP contribution in [0.2, 0.25) is 0 Å². The number of anilines is 3. The van der Waals surface area contributed by atoms with Crippen LogP contribution in [0.1, 0.15) is 44.3 Å². The molecule has 2 amide bonds. The normalized spacial score (nSPS) is 11.5. The lowest BCUT2D eigenvalue weighted by molar-refractivity contribution is -0.137. The first-order valence-electron chi connectivity index (χ1n) is 11.0. The predicted molar refractivity (Wildman–Crippen MR) is 129 cm³/mol. The first-order chi connectivity index (χ1) is 17.0. The second kappa shape index (κ2) is 9.33. The highest BCUT2D eigenvalue weighted by Crippen LogP contribution is 2.34. The molecule has 4 rings (SSSR count). The smallest absolute Gasteiger partial charge is 0.366 e. The molecule has 0 atom stereocenters. The summed E-state index contributed by atoms with van der Waals surface area (Å²) in [6.07, 6.45) is -1.62. The SMILES string of the molecule is CCN(c1cc(C(=O)Nc2cccc(C(F)(F)F)c2)ccc1C)c1ncnn2cc(C(N)=O)c(C)c12. The Bertz CT molecular complexity index is 1480. The highest BCUT2D eigenvalue weighted by atomic mass is 19.4. The van der Waals surface area contributed by atoms with Crippen molar-refractivity contribution in [2.75, 3.05) is 16.8 Å². The molecular formula is C25H23F3N6O2. The van der Waals surface area contributed by atoms with Gasteiger partial charge in [-0.1, -0.05) is 12.1 Å². The molecule has 2 aromatic carbocycles. The van der Waals surface area contributed by atoms with Gasteiger partial charge in [0.25, 0.3) is 11.8 Å². The van der Waals surface area contributed by atoms with E-state index in [0.29, 0.717) is 34.7 Å². The number of carbonyl (C=O) groups is 2. The molecule has 0 radical (unpaired) electrons. The summed E-state index contributed by atoms with van der Waals surface area (Å²) in [5, 5.41) is 6.71. The molecule has 4 aromatic rings. The molecule has 0 spiro atoms. The molecule has 11 heteroatoms. The van der Waals surface area contributed by atoms with Gasteiger partial charge in [-0.05, 0) is 62.2 Å². The molecule has 186 valence electrons. The van der Waals surface area contributed by atoms with Crippen LogP contribution in [0.15, 0.2) is 55.0 Å². The van der Waals surface area contributed by atoms with Gasteiger partial charge in [-0.2, -0.15) is 18.3 Å². The number of halogens is 3. The van der Waals surface area contributed by atoms with Gasteiger partial charge in [0.2, 0.25) is 0 Å². The minimum atomic E-state index is -4.52. The number of amides is 2. The van der Waals surface area contributed by atoms with E-state index in [2.05, 4.69) is 15.4 Å². The summed E-state index contributed by atoms with van der Waals surface area (Å²) in [5.74, 6) is -0.637. The number of fused-ring (bicyclic) bond motifs is 1. The monoisotopic (exact) mass is 496 g/mol. The second-order valence-electron chi connectivity index (χ2n) is 8.19. The number of aryl methyl sites for hydroxylation is 2. The van der Waals surface area contributed by atoms with Gasteiger partial charge in [0, 0.05) is 29.7 Å². The van der Waals surface area contributed by atoms with Crippen molar-refractivity contribution in [3.05, 3.63) is 82.8 Å². The number of hydrogen-bond acceptors (Lipinski definition) is 5. The maximum absolute atomic E-state index is 13.0. The fourth-order valence-corrected chi connectivity index (χ4v) is 4.04. The van der Waals surface area contributed by atoms with Crippen molar-refractivity contribution in [3.8, 4) is 0 Å². The van der Waals surface area contributed by atoms with Gasteiger partial charge in [0.1, 0.15) is 11.8 Å². The van der Waals surface area contributed by atoms with Crippen molar-refractivity contribution in [1.82, 2.24) is 14.6 Å². The van der Waals surface area contributed by atoms with Crippen LogP contribution in [0.25, 0.3) is 5.52 Å².